The fourth-order valence-corrected chi connectivity index (χ4v) is 3.04. The molecule has 2 N–H and O–H groups in total. The van der Waals surface area contributed by atoms with Gasteiger partial charge in [0.25, 0.3) is 0 Å². The van der Waals surface area contributed by atoms with Gasteiger partial charge in [-0.2, -0.15) is 30.2 Å². The average molecular weight is 424 g/mol. The van der Waals surface area contributed by atoms with Crippen LogP contribution in [0.5, 0.6) is 5.88 Å². The van der Waals surface area contributed by atoms with Crippen LogP contribution in [-0.2, 0) is 12.3 Å². The van der Waals surface area contributed by atoms with Gasteiger partial charge in [0.1, 0.15) is 0 Å². The van der Waals surface area contributed by atoms with E-state index in [1.165, 1.54) is 18.3 Å². The summed E-state index contributed by atoms with van der Waals surface area (Å²) in [5.41, 5.74) is 2.23. The number of aromatic nitrogens is 1. The molecule has 1 aromatic heterocycles. The molecular weight excluding hydrogens is 405 g/mol. The largest absolute Gasteiger partial charge is 0.468 e. The van der Waals surface area contributed by atoms with Gasteiger partial charge in [-0.15, -0.1) is 0 Å². The first-order chi connectivity index (χ1) is 13.9. The van der Waals surface area contributed by atoms with E-state index in [1.807, 2.05) is 18.2 Å². The van der Waals surface area contributed by atoms with Crippen LogP contribution in [0.15, 0.2) is 42.6 Å². The molecular formula is C19H19F3N4O2S. The highest BCUT2D eigenvalue weighted by Crippen LogP contribution is 2.17. The van der Waals surface area contributed by atoms with Gasteiger partial charge in [-0.3, -0.25) is 0 Å². The van der Waals surface area contributed by atoms with Crippen LogP contribution in [0.4, 0.5) is 18.0 Å². The highest BCUT2D eigenvalue weighted by molar-refractivity contribution is 7.98. The van der Waals surface area contributed by atoms with Gasteiger partial charge in [-0.1, -0.05) is 24.3 Å². The van der Waals surface area contributed by atoms with E-state index in [-0.39, 0.29) is 18.5 Å². The van der Waals surface area contributed by atoms with Crippen LogP contribution in [0, 0.1) is 11.3 Å². The molecule has 0 aliphatic heterocycles. The number of carbonyl (C=O) groups is 1. The fraction of sp³-hybridized carbons (Fsp3) is 0.316. The lowest BCUT2D eigenvalue weighted by Crippen LogP contribution is -2.36. The van der Waals surface area contributed by atoms with Crippen LogP contribution < -0.4 is 15.4 Å². The molecule has 29 heavy (non-hydrogen) atoms. The summed E-state index contributed by atoms with van der Waals surface area (Å²) < 4.78 is 40.8. The monoisotopic (exact) mass is 424 g/mol. The van der Waals surface area contributed by atoms with E-state index < -0.39 is 12.8 Å². The number of amides is 2. The second-order valence-electron chi connectivity index (χ2n) is 5.84. The third-order valence-electron chi connectivity index (χ3n) is 3.56. The van der Waals surface area contributed by atoms with Gasteiger partial charge < -0.3 is 15.4 Å². The number of nitrogens with zero attached hydrogens (tertiary/aromatic N) is 2. The van der Waals surface area contributed by atoms with Crippen molar-refractivity contribution in [3.05, 3.63) is 59.3 Å². The quantitative estimate of drug-likeness (QED) is 0.601. The molecule has 0 unspecified atom stereocenters. The first kappa shape index (κ1) is 22.4. The minimum absolute atomic E-state index is 0.134. The lowest BCUT2D eigenvalue weighted by atomic mass is 10.1. The Bertz CT molecular complexity index is 839. The first-order valence-electron chi connectivity index (χ1n) is 8.59. The van der Waals surface area contributed by atoms with Crippen LogP contribution in [-0.4, -0.2) is 36.1 Å². The molecule has 0 bridgehead atoms. The average Bonchev–Trinajstić information content (AvgIpc) is 2.71. The van der Waals surface area contributed by atoms with Crippen LogP contribution in [0.1, 0.15) is 16.7 Å². The number of alkyl halides is 3. The lowest BCUT2D eigenvalue weighted by molar-refractivity contribution is -0.154. The third kappa shape index (κ3) is 8.74. The molecule has 1 heterocycles. The van der Waals surface area contributed by atoms with E-state index in [4.69, 9.17) is 5.26 Å². The standard InChI is InChI=1S/C19H19F3N4O2S/c20-19(21,22)13-28-17-6-5-14(10-25-17)11-26-18(27)24-7-8-29-12-16-4-2-1-3-15(16)9-23/h1-6,10H,7-8,11-13H2,(H2,24,26,27). The minimum Gasteiger partial charge on any atom is -0.468 e. The summed E-state index contributed by atoms with van der Waals surface area (Å²) in [6.45, 7) is -0.769. The van der Waals surface area contributed by atoms with Gasteiger partial charge in [0.2, 0.25) is 5.88 Å². The number of halogens is 3. The zero-order chi connectivity index (χ0) is 21.1. The summed E-state index contributed by atoms with van der Waals surface area (Å²) >= 11 is 1.60. The minimum atomic E-state index is -4.42. The summed E-state index contributed by atoms with van der Waals surface area (Å²) in [5, 5.41) is 14.4. The topological polar surface area (TPSA) is 87.0 Å². The highest BCUT2D eigenvalue weighted by Gasteiger charge is 2.28. The van der Waals surface area contributed by atoms with Crippen LogP contribution in [0.2, 0.25) is 0 Å². The van der Waals surface area contributed by atoms with Crippen molar-refractivity contribution in [2.24, 2.45) is 0 Å². The Morgan fingerprint density at radius 1 is 1.21 bits per heavy atom. The number of urea groups is 1. The Hall–Kier alpha value is -2.93. The maximum atomic E-state index is 12.1. The van der Waals surface area contributed by atoms with Crippen LogP contribution in [0.25, 0.3) is 0 Å². The van der Waals surface area contributed by atoms with E-state index in [0.29, 0.717) is 29.2 Å². The number of rotatable bonds is 9. The van der Waals surface area contributed by atoms with Gasteiger partial charge in [-0.05, 0) is 17.2 Å². The second kappa shape index (κ2) is 11.2. The van der Waals surface area contributed by atoms with Gasteiger partial charge in [0.15, 0.2) is 6.61 Å². The van der Waals surface area contributed by atoms with Gasteiger partial charge >= 0.3 is 12.2 Å². The summed E-state index contributed by atoms with van der Waals surface area (Å²) in [6, 6.07) is 12.0. The van der Waals surface area contributed by atoms with Crippen LogP contribution >= 0.6 is 11.8 Å². The number of nitrogens with one attached hydrogen (secondary N) is 2. The second-order valence-corrected chi connectivity index (χ2v) is 6.94. The molecule has 2 rings (SSSR count). The zero-order valence-electron chi connectivity index (χ0n) is 15.3. The van der Waals surface area contributed by atoms with Crippen molar-refractivity contribution in [1.82, 2.24) is 15.6 Å². The molecule has 2 amide bonds. The fourth-order valence-electron chi connectivity index (χ4n) is 2.18. The molecule has 6 nitrogen and oxygen atoms in total. The molecule has 2 aromatic rings. The number of thioether (sulfide) groups is 1. The first-order valence-corrected chi connectivity index (χ1v) is 9.75. The molecule has 0 atom stereocenters. The Morgan fingerprint density at radius 3 is 2.69 bits per heavy atom. The molecule has 0 fully saturated rings. The summed E-state index contributed by atoms with van der Waals surface area (Å²) in [7, 11) is 0. The van der Waals surface area contributed by atoms with Crippen molar-refractivity contribution in [3.8, 4) is 11.9 Å². The molecule has 1 aromatic carbocycles. The summed E-state index contributed by atoms with van der Waals surface area (Å²) in [4.78, 5) is 15.6. The van der Waals surface area contributed by atoms with E-state index in [0.717, 1.165) is 5.56 Å². The summed E-state index contributed by atoms with van der Waals surface area (Å²) in [6.07, 6.45) is -3.08. The predicted molar refractivity (Wildman–Crippen MR) is 103 cm³/mol. The number of hydrogen-bond acceptors (Lipinski definition) is 5. The van der Waals surface area contributed by atoms with E-state index in [1.54, 1.807) is 17.8 Å². The van der Waals surface area contributed by atoms with Gasteiger partial charge in [-0.25, -0.2) is 9.78 Å². The smallest absolute Gasteiger partial charge is 0.422 e. The van der Waals surface area contributed by atoms with E-state index in [2.05, 4.69) is 26.4 Å². The lowest BCUT2D eigenvalue weighted by Gasteiger charge is -2.10. The normalized spacial score (nSPS) is 10.8. The molecule has 0 saturated heterocycles. The Morgan fingerprint density at radius 2 is 2.00 bits per heavy atom. The van der Waals surface area contributed by atoms with E-state index in [9.17, 15) is 18.0 Å². The van der Waals surface area contributed by atoms with Crippen molar-refractivity contribution in [1.29, 1.82) is 5.26 Å². The molecule has 154 valence electrons. The van der Waals surface area contributed by atoms with Crippen molar-refractivity contribution in [3.63, 3.8) is 0 Å². The van der Waals surface area contributed by atoms with Crippen molar-refractivity contribution in [2.75, 3.05) is 18.9 Å². The molecule has 0 saturated carbocycles. The third-order valence-corrected chi connectivity index (χ3v) is 4.57. The summed E-state index contributed by atoms with van der Waals surface area (Å²) in [5.74, 6) is 1.23. The number of benzene rings is 1. The Kier molecular flexibility index (Phi) is 8.61. The molecule has 0 radical (unpaired) electrons. The SMILES string of the molecule is N#Cc1ccccc1CSCCNC(=O)NCc1ccc(OCC(F)(F)F)nc1. The van der Waals surface area contributed by atoms with Crippen molar-refractivity contribution >= 4 is 17.8 Å². The maximum Gasteiger partial charge on any atom is 0.422 e. The van der Waals surface area contributed by atoms with Crippen molar-refractivity contribution < 1.29 is 22.7 Å². The van der Waals surface area contributed by atoms with E-state index >= 15 is 0 Å². The Balaban J connectivity index is 1.61. The number of carbonyl (C=O) groups excluding carboxylic acids is 1. The van der Waals surface area contributed by atoms with Gasteiger partial charge in [0, 0.05) is 36.9 Å². The molecule has 0 spiro atoms. The molecule has 0 aliphatic carbocycles. The number of hydrogen-bond donors (Lipinski definition) is 2. The number of nitriles is 1. The maximum absolute atomic E-state index is 12.1. The predicted octanol–water partition coefficient (Wildman–Crippen LogP) is 3.63. The number of pyridine rings is 1. The van der Waals surface area contributed by atoms with Gasteiger partial charge in [0.05, 0.1) is 11.6 Å². The van der Waals surface area contributed by atoms with Crippen molar-refractivity contribution in [2.45, 2.75) is 18.5 Å². The Labute approximate surface area is 170 Å². The van der Waals surface area contributed by atoms with Crippen LogP contribution in [0.3, 0.4) is 0 Å². The molecule has 0 aliphatic rings. The highest BCUT2D eigenvalue weighted by atomic mass is 32.2. The number of ether oxygens (including phenoxy) is 1. The molecule has 10 heteroatoms. The zero-order valence-corrected chi connectivity index (χ0v) is 16.1.